The zero-order valence-corrected chi connectivity index (χ0v) is 20.2. The van der Waals surface area contributed by atoms with Crippen LogP contribution < -0.4 is 4.90 Å². The molecule has 1 atom stereocenters. The largest absolute Gasteiger partial charge is 0.490 e. The Morgan fingerprint density at radius 2 is 1.73 bits per heavy atom. The topological polar surface area (TPSA) is 71.2 Å². The van der Waals surface area contributed by atoms with Crippen molar-refractivity contribution in [2.45, 2.75) is 25.1 Å². The number of halogens is 4. The highest BCUT2D eigenvalue weighted by atomic mass is 32.1. The molecule has 2 aliphatic rings. The van der Waals surface area contributed by atoms with Gasteiger partial charge in [-0.15, -0.1) is 0 Å². The summed E-state index contributed by atoms with van der Waals surface area (Å²) in [5.74, 6) is -2.47. The number of hydrogen-bond donors (Lipinski definition) is 1. The Bertz CT molecular complexity index is 1400. The Morgan fingerprint density at radius 1 is 1.03 bits per heavy atom. The van der Waals surface area contributed by atoms with Gasteiger partial charge in [0.1, 0.15) is 5.82 Å². The van der Waals surface area contributed by atoms with Gasteiger partial charge in [-0.05, 0) is 30.4 Å². The number of benzene rings is 2. The number of alkyl halides is 3. The molecule has 6 rings (SSSR count). The number of piperidine rings is 1. The molecule has 0 amide bonds. The van der Waals surface area contributed by atoms with E-state index < -0.39 is 12.1 Å². The van der Waals surface area contributed by atoms with Gasteiger partial charge in [0.05, 0.1) is 29.1 Å². The van der Waals surface area contributed by atoms with E-state index in [1.165, 1.54) is 10.4 Å². The van der Waals surface area contributed by atoms with Gasteiger partial charge in [-0.1, -0.05) is 53.8 Å². The summed E-state index contributed by atoms with van der Waals surface area (Å²) in [7, 11) is 0. The van der Waals surface area contributed by atoms with Gasteiger partial charge in [0, 0.05) is 30.4 Å². The molecule has 1 fully saturated rings. The van der Waals surface area contributed by atoms with E-state index in [0.717, 1.165) is 47.9 Å². The molecule has 1 unspecified atom stereocenters. The third kappa shape index (κ3) is 4.95. The SMILES string of the molecule is Fc1cccc2c1C(C1CCN(c3ncc(-c4ccccc4)s3)CC1)n1cncc1-2.O=C(O)C(F)(F)F. The Kier molecular flexibility index (Phi) is 6.72. The Labute approximate surface area is 213 Å². The van der Waals surface area contributed by atoms with Crippen LogP contribution in [-0.4, -0.2) is 44.9 Å². The number of aromatic nitrogens is 3. The lowest BCUT2D eigenvalue weighted by molar-refractivity contribution is -0.192. The number of hydrogen-bond acceptors (Lipinski definition) is 5. The van der Waals surface area contributed by atoms with Crippen molar-refractivity contribution in [1.29, 1.82) is 0 Å². The number of nitrogens with zero attached hydrogens (tertiary/aromatic N) is 4. The summed E-state index contributed by atoms with van der Waals surface area (Å²) in [5, 5.41) is 8.20. The molecule has 0 saturated carbocycles. The zero-order valence-electron chi connectivity index (χ0n) is 19.4. The van der Waals surface area contributed by atoms with Crippen molar-refractivity contribution in [2.24, 2.45) is 5.92 Å². The molecular formula is C26H22F4N4O2S. The Morgan fingerprint density at radius 3 is 2.41 bits per heavy atom. The van der Waals surface area contributed by atoms with Gasteiger partial charge in [0.2, 0.25) is 0 Å². The number of carboxylic acid groups (broad SMARTS) is 1. The van der Waals surface area contributed by atoms with Crippen LogP contribution in [0.3, 0.4) is 0 Å². The predicted molar refractivity (Wildman–Crippen MR) is 132 cm³/mol. The number of aliphatic carboxylic acids is 1. The van der Waals surface area contributed by atoms with Crippen LogP contribution >= 0.6 is 11.3 Å². The lowest BCUT2D eigenvalue weighted by atomic mass is 9.85. The minimum absolute atomic E-state index is 0.0389. The van der Waals surface area contributed by atoms with Gasteiger partial charge in [0.15, 0.2) is 5.13 Å². The summed E-state index contributed by atoms with van der Waals surface area (Å²) in [5.41, 5.74) is 4.08. The maximum atomic E-state index is 14.8. The number of carbonyl (C=O) groups is 1. The van der Waals surface area contributed by atoms with E-state index in [1.807, 2.05) is 30.9 Å². The lowest BCUT2D eigenvalue weighted by Crippen LogP contribution is -2.36. The first-order valence-corrected chi connectivity index (χ1v) is 12.4. The number of anilines is 1. The van der Waals surface area contributed by atoms with Crippen LogP contribution in [-0.2, 0) is 4.79 Å². The molecule has 1 saturated heterocycles. The number of rotatable bonds is 3. The normalized spacial score (nSPS) is 17.1. The predicted octanol–water partition coefficient (Wildman–Crippen LogP) is 6.27. The monoisotopic (exact) mass is 530 g/mol. The molecule has 2 aliphatic heterocycles. The van der Waals surface area contributed by atoms with E-state index in [0.29, 0.717) is 5.92 Å². The van der Waals surface area contributed by atoms with Crippen LogP contribution in [0.1, 0.15) is 24.4 Å². The second-order valence-electron chi connectivity index (χ2n) is 8.83. The molecule has 4 aromatic rings. The molecule has 0 aliphatic carbocycles. The van der Waals surface area contributed by atoms with Crippen LogP contribution in [0.2, 0.25) is 0 Å². The van der Waals surface area contributed by atoms with Gasteiger partial charge >= 0.3 is 12.1 Å². The Hall–Kier alpha value is -3.73. The smallest absolute Gasteiger partial charge is 0.475 e. The van der Waals surface area contributed by atoms with E-state index >= 15 is 0 Å². The molecule has 0 radical (unpaired) electrons. The van der Waals surface area contributed by atoms with Crippen molar-refractivity contribution >= 4 is 22.4 Å². The molecule has 192 valence electrons. The van der Waals surface area contributed by atoms with Crippen LogP contribution in [0.5, 0.6) is 0 Å². The van der Waals surface area contributed by atoms with Gasteiger partial charge in [-0.3, -0.25) is 0 Å². The molecule has 0 bridgehead atoms. The summed E-state index contributed by atoms with van der Waals surface area (Å²) >= 11 is 1.75. The third-order valence-electron chi connectivity index (χ3n) is 6.64. The van der Waals surface area contributed by atoms with Gasteiger partial charge in [-0.2, -0.15) is 13.2 Å². The third-order valence-corrected chi connectivity index (χ3v) is 7.75. The summed E-state index contributed by atoms with van der Waals surface area (Å²) in [6.07, 6.45) is 2.63. The van der Waals surface area contributed by atoms with Crippen molar-refractivity contribution in [3.8, 4) is 21.7 Å². The highest BCUT2D eigenvalue weighted by molar-refractivity contribution is 7.18. The van der Waals surface area contributed by atoms with Crippen molar-refractivity contribution < 1.29 is 27.5 Å². The average Bonchev–Trinajstić information content (AvgIpc) is 3.62. The van der Waals surface area contributed by atoms with Crippen molar-refractivity contribution in [3.63, 3.8) is 0 Å². The first-order valence-electron chi connectivity index (χ1n) is 11.6. The maximum Gasteiger partial charge on any atom is 0.490 e. The summed E-state index contributed by atoms with van der Waals surface area (Å²) in [6.45, 7) is 1.88. The zero-order chi connectivity index (χ0) is 26.2. The second-order valence-corrected chi connectivity index (χ2v) is 9.84. The lowest BCUT2D eigenvalue weighted by Gasteiger charge is -2.35. The van der Waals surface area contributed by atoms with E-state index in [2.05, 4.69) is 43.7 Å². The number of carboxylic acids is 1. The first kappa shape index (κ1) is 24.9. The standard InChI is InChI=1S/C24H21FN4S.C2HF3O2/c25-19-8-4-7-18-20-13-26-15-29(20)23(22(18)19)17-9-11-28(12-10-17)24-27-14-21(30-24)16-5-2-1-3-6-16;3-2(4,5)1(6)7/h1-8,13-15,17,23H,9-12H2;(H,6,7). The molecule has 37 heavy (non-hydrogen) atoms. The molecule has 0 spiro atoms. The molecule has 2 aromatic heterocycles. The number of imidazole rings is 1. The quantitative estimate of drug-likeness (QED) is 0.317. The fourth-order valence-corrected chi connectivity index (χ4v) is 5.92. The average molecular weight is 531 g/mol. The van der Waals surface area contributed by atoms with E-state index in [1.54, 1.807) is 23.5 Å². The molecule has 6 nitrogen and oxygen atoms in total. The molecular weight excluding hydrogens is 508 g/mol. The fraction of sp³-hybridized carbons (Fsp3) is 0.269. The summed E-state index contributed by atoms with van der Waals surface area (Å²) in [4.78, 5) is 21.5. The second kappa shape index (κ2) is 9.97. The fourth-order valence-electron chi connectivity index (χ4n) is 4.95. The Balaban J connectivity index is 0.000000355. The minimum atomic E-state index is -5.08. The highest BCUT2D eigenvalue weighted by Gasteiger charge is 2.39. The van der Waals surface area contributed by atoms with Gasteiger partial charge in [0.25, 0.3) is 0 Å². The van der Waals surface area contributed by atoms with E-state index in [9.17, 15) is 17.6 Å². The van der Waals surface area contributed by atoms with Crippen molar-refractivity contribution in [2.75, 3.05) is 18.0 Å². The van der Waals surface area contributed by atoms with E-state index in [4.69, 9.17) is 9.90 Å². The molecule has 4 heterocycles. The van der Waals surface area contributed by atoms with E-state index in [-0.39, 0.29) is 11.9 Å². The minimum Gasteiger partial charge on any atom is -0.475 e. The van der Waals surface area contributed by atoms with Crippen LogP contribution in [0.25, 0.3) is 21.7 Å². The summed E-state index contributed by atoms with van der Waals surface area (Å²) in [6, 6.07) is 15.8. The van der Waals surface area contributed by atoms with Gasteiger partial charge < -0.3 is 14.6 Å². The summed E-state index contributed by atoms with van der Waals surface area (Å²) < 4.78 is 48.7. The highest BCUT2D eigenvalue weighted by Crippen LogP contribution is 2.47. The first-order chi connectivity index (χ1) is 17.7. The van der Waals surface area contributed by atoms with Gasteiger partial charge in [-0.25, -0.2) is 19.2 Å². The van der Waals surface area contributed by atoms with Crippen molar-refractivity contribution in [1.82, 2.24) is 14.5 Å². The van der Waals surface area contributed by atoms with Crippen LogP contribution in [0.15, 0.2) is 67.3 Å². The van der Waals surface area contributed by atoms with Crippen LogP contribution in [0.4, 0.5) is 22.7 Å². The van der Waals surface area contributed by atoms with Crippen LogP contribution in [0, 0.1) is 11.7 Å². The van der Waals surface area contributed by atoms with Crippen molar-refractivity contribution in [3.05, 3.63) is 78.6 Å². The molecule has 11 heteroatoms. The maximum absolute atomic E-state index is 14.8. The molecule has 2 aromatic carbocycles. The number of thiazole rings is 1. The molecule has 1 N–H and O–H groups in total. The number of fused-ring (bicyclic) bond motifs is 3.